The summed E-state index contributed by atoms with van der Waals surface area (Å²) < 4.78 is 7.37. The van der Waals surface area contributed by atoms with Crippen molar-refractivity contribution in [3.05, 3.63) is 100 Å². The van der Waals surface area contributed by atoms with Crippen LogP contribution in [0.4, 0.5) is 10.5 Å². The molecule has 0 atom stereocenters. The van der Waals surface area contributed by atoms with E-state index in [2.05, 4.69) is 15.2 Å². The van der Waals surface area contributed by atoms with Crippen LogP contribution in [0.25, 0.3) is 17.0 Å². The highest BCUT2D eigenvalue weighted by Gasteiger charge is 2.35. The van der Waals surface area contributed by atoms with Crippen molar-refractivity contribution in [1.29, 1.82) is 0 Å². The Morgan fingerprint density at radius 1 is 1.03 bits per heavy atom. The third-order valence-electron chi connectivity index (χ3n) is 6.50. The lowest BCUT2D eigenvalue weighted by molar-refractivity contribution is -0.127. The maximum atomic E-state index is 13.2. The van der Waals surface area contributed by atoms with Crippen LogP contribution < -0.4 is 15.4 Å². The molecule has 8 nitrogen and oxygen atoms in total. The Balaban J connectivity index is 1.42. The van der Waals surface area contributed by atoms with Crippen LogP contribution >= 0.6 is 11.6 Å². The van der Waals surface area contributed by atoms with Crippen molar-refractivity contribution in [2.24, 2.45) is 0 Å². The monoisotopic (exact) mass is 528 g/mol. The fourth-order valence-corrected chi connectivity index (χ4v) is 4.78. The Morgan fingerprint density at radius 3 is 2.53 bits per heavy atom. The van der Waals surface area contributed by atoms with Crippen LogP contribution in [0.3, 0.4) is 0 Å². The van der Waals surface area contributed by atoms with E-state index in [1.54, 1.807) is 30.3 Å². The number of hydrogen-bond acceptors (Lipinski definition) is 4. The Hall–Kier alpha value is -4.56. The number of halogens is 1. The SMILES string of the molecule is COc1ccccc1NC(=O)CN1C(=O)N/C(=C/c2c(C)n(Cc3ccccc3Cl)c3ccccc23)C1=O. The maximum absolute atomic E-state index is 13.2. The first-order chi connectivity index (χ1) is 18.4. The number of nitrogens with zero attached hydrogens (tertiary/aromatic N) is 2. The van der Waals surface area contributed by atoms with Crippen molar-refractivity contribution >= 4 is 52.1 Å². The summed E-state index contributed by atoms with van der Waals surface area (Å²) in [4.78, 5) is 39.4. The second-order valence-corrected chi connectivity index (χ2v) is 9.23. The van der Waals surface area contributed by atoms with Gasteiger partial charge in [0.2, 0.25) is 5.91 Å². The standard InChI is InChI=1S/C29H25ClN4O4/c1-18-21(20-10-4-7-13-25(20)33(18)16-19-9-3-5-11-22(19)30)15-24-28(36)34(29(37)32-24)17-27(35)31-23-12-6-8-14-26(23)38-2/h3-15H,16-17H2,1-2H3,(H,31,35)(H,32,37)/b24-15+. The van der Waals surface area contributed by atoms with Gasteiger partial charge in [0.25, 0.3) is 5.91 Å². The van der Waals surface area contributed by atoms with E-state index < -0.39 is 24.4 Å². The summed E-state index contributed by atoms with van der Waals surface area (Å²) in [7, 11) is 1.49. The van der Waals surface area contributed by atoms with Crippen molar-refractivity contribution in [2.75, 3.05) is 19.0 Å². The van der Waals surface area contributed by atoms with Gasteiger partial charge in [-0.2, -0.15) is 0 Å². The molecule has 0 saturated carbocycles. The van der Waals surface area contributed by atoms with Gasteiger partial charge < -0.3 is 19.9 Å². The molecule has 1 aliphatic heterocycles. The van der Waals surface area contributed by atoms with E-state index in [-0.39, 0.29) is 5.70 Å². The summed E-state index contributed by atoms with van der Waals surface area (Å²) in [6.07, 6.45) is 1.67. The maximum Gasteiger partial charge on any atom is 0.329 e. The molecule has 5 rings (SSSR count). The number of carbonyl (C=O) groups is 3. The number of anilines is 1. The van der Waals surface area contributed by atoms with Gasteiger partial charge in [-0.05, 0) is 42.8 Å². The first-order valence-electron chi connectivity index (χ1n) is 12.0. The molecule has 4 aromatic rings. The molecule has 1 aromatic heterocycles. The summed E-state index contributed by atoms with van der Waals surface area (Å²) >= 11 is 6.42. The summed E-state index contributed by atoms with van der Waals surface area (Å²) in [5.74, 6) is -0.624. The van der Waals surface area contributed by atoms with Gasteiger partial charge in [0.05, 0.1) is 12.8 Å². The third-order valence-corrected chi connectivity index (χ3v) is 6.87. The average molecular weight is 529 g/mol. The van der Waals surface area contributed by atoms with E-state index in [1.165, 1.54) is 7.11 Å². The number of rotatable bonds is 7. The molecular formula is C29H25ClN4O4. The van der Waals surface area contributed by atoms with Crippen LogP contribution in [0.1, 0.15) is 16.8 Å². The van der Waals surface area contributed by atoms with Crippen LogP contribution in [-0.2, 0) is 16.1 Å². The second kappa shape index (κ2) is 10.4. The second-order valence-electron chi connectivity index (χ2n) is 8.82. The quantitative estimate of drug-likeness (QED) is 0.255. The normalized spacial score (nSPS) is 14.3. The molecule has 38 heavy (non-hydrogen) atoms. The van der Waals surface area contributed by atoms with Gasteiger partial charge in [-0.15, -0.1) is 0 Å². The number of aromatic nitrogens is 1. The van der Waals surface area contributed by atoms with Crippen LogP contribution in [0.15, 0.2) is 78.5 Å². The summed E-state index contributed by atoms with van der Waals surface area (Å²) in [5.41, 5.74) is 4.20. The highest BCUT2D eigenvalue weighted by Crippen LogP contribution is 2.30. The zero-order valence-corrected chi connectivity index (χ0v) is 21.6. The molecule has 0 aliphatic carbocycles. The summed E-state index contributed by atoms with van der Waals surface area (Å²) in [6, 6.07) is 21.7. The fourth-order valence-electron chi connectivity index (χ4n) is 4.58. The van der Waals surface area contributed by atoms with Crippen LogP contribution in [0.2, 0.25) is 5.02 Å². The summed E-state index contributed by atoms with van der Waals surface area (Å²) in [6.45, 7) is 2.07. The number of benzene rings is 3. The highest BCUT2D eigenvalue weighted by molar-refractivity contribution is 6.31. The van der Waals surface area contributed by atoms with Crippen molar-refractivity contribution in [2.45, 2.75) is 13.5 Å². The lowest BCUT2D eigenvalue weighted by Gasteiger charge is -2.13. The van der Waals surface area contributed by atoms with Gasteiger partial charge in [-0.25, -0.2) is 9.69 Å². The van der Waals surface area contributed by atoms with Gasteiger partial charge in [0.15, 0.2) is 0 Å². The molecule has 1 fully saturated rings. The molecule has 0 spiro atoms. The highest BCUT2D eigenvalue weighted by atomic mass is 35.5. The van der Waals surface area contributed by atoms with E-state index in [0.717, 1.165) is 32.6 Å². The predicted molar refractivity (Wildman–Crippen MR) is 147 cm³/mol. The van der Waals surface area contributed by atoms with Gasteiger partial charge >= 0.3 is 6.03 Å². The number of urea groups is 1. The number of ether oxygens (including phenoxy) is 1. The molecule has 1 aliphatic rings. The Bertz CT molecular complexity index is 1610. The number of imide groups is 1. The van der Waals surface area contributed by atoms with Crippen LogP contribution in [-0.4, -0.2) is 41.0 Å². The average Bonchev–Trinajstić information content (AvgIpc) is 3.33. The first-order valence-corrected chi connectivity index (χ1v) is 12.3. The van der Waals surface area contributed by atoms with Gasteiger partial charge in [-0.1, -0.05) is 60.1 Å². The number of amides is 4. The zero-order valence-electron chi connectivity index (χ0n) is 20.8. The molecule has 4 amide bonds. The van der Waals surface area contributed by atoms with Crippen LogP contribution in [0, 0.1) is 6.92 Å². The van der Waals surface area contributed by atoms with Crippen molar-refractivity contribution in [3.63, 3.8) is 0 Å². The van der Waals surface area contributed by atoms with Gasteiger partial charge in [0.1, 0.15) is 18.0 Å². The lowest BCUT2D eigenvalue weighted by atomic mass is 10.1. The Morgan fingerprint density at radius 2 is 1.74 bits per heavy atom. The molecule has 0 bridgehead atoms. The minimum atomic E-state index is -0.658. The van der Waals surface area contributed by atoms with E-state index in [1.807, 2.05) is 55.5 Å². The topological polar surface area (TPSA) is 92.7 Å². The number of nitrogens with one attached hydrogen (secondary N) is 2. The zero-order chi connectivity index (χ0) is 26.8. The molecule has 0 radical (unpaired) electrons. The number of fused-ring (bicyclic) bond motifs is 1. The van der Waals surface area contributed by atoms with Crippen molar-refractivity contribution in [1.82, 2.24) is 14.8 Å². The largest absolute Gasteiger partial charge is 0.495 e. The minimum absolute atomic E-state index is 0.101. The molecule has 1 saturated heterocycles. The molecule has 192 valence electrons. The molecule has 2 N–H and O–H groups in total. The van der Waals surface area contributed by atoms with Crippen LogP contribution in [0.5, 0.6) is 5.75 Å². The number of carbonyl (C=O) groups excluding carboxylic acids is 3. The van der Waals surface area contributed by atoms with E-state index in [0.29, 0.717) is 23.0 Å². The van der Waals surface area contributed by atoms with Crippen molar-refractivity contribution < 1.29 is 19.1 Å². The fraction of sp³-hybridized carbons (Fsp3) is 0.138. The number of hydrogen-bond donors (Lipinski definition) is 2. The predicted octanol–water partition coefficient (Wildman–Crippen LogP) is 5.19. The van der Waals surface area contributed by atoms with Crippen molar-refractivity contribution in [3.8, 4) is 5.75 Å². The summed E-state index contributed by atoms with van der Waals surface area (Å²) in [5, 5.41) is 6.91. The Labute approximate surface area is 224 Å². The smallest absolute Gasteiger partial charge is 0.329 e. The number of para-hydroxylation sites is 3. The molecule has 2 heterocycles. The first kappa shape index (κ1) is 25.1. The third kappa shape index (κ3) is 4.73. The molecule has 0 unspecified atom stereocenters. The van der Waals surface area contributed by atoms with E-state index in [9.17, 15) is 14.4 Å². The molecule has 3 aromatic carbocycles. The van der Waals surface area contributed by atoms with Gasteiger partial charge in [-0.3, -0.25) is 9.59 Å². The molecule has 9 heteroatoms. The number of methoxy groups -OCH3 is 1. The molecular weight excluding hydrogens is 504 g/mol. The lowest BCUT2D eigenvalue weighted by Crippen LogP contribution is -2.38. The van der Waals surface area contributed by atoms with E-state index >= 15 is 0 Å². The van der Waals surface area contributed by atoms with E-state index in [4.69, 9.17) is 16.3 Å². The minimum Gasteiger partial charge on any atom is -0.495 e. The Kier molecular flexibility index (Phi) is 6.89. The van der Waals surface area contributed by atoms with Gasteiger partial charge in [0, 0.05) is 33.7 Å².